The maximum atomic E-state index is 13.9. The summed E-state index contributed by atoms with van der Waals surface area (Å²) in [5.74, 6) is 3.05. The molecule has 0 aliphatic heterocycles. The number of benzene rings is 1. The summed E-state index contributed by atoms with van der Waals surface area (Å²) in [6.45, 7) is 2.93. The molecule has 0 radical (unpaired) electrons. The van der Waals surface area contributed by atoms with Crippen LogP contribution in [0.2, 0.25) is 0 Å². The van der Waals surface area contributed by atoms with E-state index in [2.05, 4.69) is 17.2 Å². The molecule has 1 aromatic carbocycles. The number of hydrogen-bond donors (Lipinski definition) is 1. The predicted molar refractivity (Wildman–Crippen MR) is 72.2 cm³/mol. The number of halogens is 1. The summed E-state index contributed by atoms with van der Waals surface area (Å²) in [4.78, 5) is 23.4. The van der Waals surface area contributed by atoms with Crippen LogP contribution >= 0.6 is 0 Å². The highest BCUT2D eigenvalue weighted by Gasteiger charge is 2.38. The Bertz CT molecular complexity index is 574. The first-order valence-corrected chi connectivity index (χ1v) is 5.99. The van der Waals surface area contributed by atoms with Gasteiger partial charge in [-0.05, 0) is 25.8 Å². The number of amides is 1. The normalized spacial score (nSPS) is 12.6. The standard InChI is InChI=1S/C15H16FNO3/c1-4-7-13(18)17-10-15(2,14(19)20-3)11-8-5-6-9-12(11)16/h5-6,8-9H,10H2,1-3H3,(H,17,18)/t15-/m0/s1. The van der Waals surface area contributed by atoms with E-state index in [9.17, 15) is 14.0 Å². The smallest absolute Gasteiger partial charge is 0.317 e. The molecule has 1 atom stereocenters. The van der Waals surface area contributed by atoms with Crippen molar-refractivity contribution in [1.29, 1.82) is 0 Å². The van der Waals surface area contributed by atoms with Crippen LogP contribution in [-0.2, 0) is 19.7 Å². The molecule has 0 saturated heterocycles. The summed E-state index contributed by atoms with van der Waals surface area (Å²) >= 11 is 0. The van der Waals surface area contributed by atoms with Crippen LogP contribution in [0.4, 0.5) is 4.39 Å². The molecule has 0 bridgehead atoms. The Morgan fingerprint density at radius 3 is 2.60 bits per heavy atom. The van der Waals surface area contributed by atoms with Gasteiger partial charge in [0.15, 0.2) is 0 Å². The van der Waals surface area contributed by atoms with E-state index in [4.69, 9.17) is 4.74 Å². The fourth-order valence-corrected chi connectivity index (χ4v) is 1.83. The lowest BCUT2D eigenvalue weighted by Gasteiger charge is -2.27. The first-order valence-electron chi connectivity index (χ1n) is 5.99. The number of nitrogens with one attached hydrogen (secondary N) is 1. The van der Waals surface area contributed by atoms with Gasteiger partial charge in [-0.1, -0.05) is 24.1 Å². The van der Waals surface area contributed by atoms with Gasteiger partial charge >= 0.3 is 5.97 Å². The Morgan fingerprint density at radius 2 is 2.05 bits per heavy atom. The summed E-state index contributed by atoms with van der Waals surface area (Å²) in [7, 11) is 1.22. The first kappa shape index (κ1) is 15.7. The molecule has 0 saturated carbocycles. The molecule has 0 aliphatic rings. The van der Waals surface area contributed by atoms with Gasteiger partial charge in [-0.15, -0.1) is 0 Å². The second-order valence-corrected chi connectivity index (χ2v) is 4.36. The average molecular weight is 277 g/mol. The third kappa shape index (κ3) is 3.35. The van der Waals surface area contributed by atoms with Gasteiger partial charge in [-0.25, -0.2) is 4.39 Å². The van der Waals surface area contributed by atoms with Crippen molar-refractivity contribution in [2.75, 3.05) is 13.7 Å². The van der Waals surface area contributed by atoms with E-state index in [-0.39, 0.29) is 12.1 Å². The lowest BCUT2D eigenvalue weighted by Crippen LogP contribution is -2.45. The Morgan fingerprint density at radius 1 is 1.40 bits per heavy atom. The number of esters is 1. The molecule has 1 aromatic rings. The van der Waals surface area contributed by atoms with Crippen LogP contribution in [0.1, 0.15) is 19.4 Å². The molecule has 0 unspecified atom stereocenters. The second-order valence-electron chi connectivity index (χ2n) is 4.36. The van der Waals surface area contributed by atoms with E-state index < -0.39 is 23.1 Å². The molecule has 0 heterocycles. The van der Waals surface area contributed by atoms with Crippen LogP contribution < -0.4 is 5.32 Å². The third-order valence-corrected chi connectivity index (χ3v) is 2.95. The van der Waals surface area contributed by atoms with Gasteiger partial charge < -0.3 is 10.1 Å². The van der Waals surface area contributed by atoms with E-state index in [0.717, 1.165) is 0 Å². The molecule has 0 aliphatic carbocycles. The molecule has 0 fully saturated rings. The quantitative estimate of drug-likeness (QED) is 0.668. The molecule has 1 rings (SSSR count). The van der Waals surface area contributed by atoms with Crippen molar-refractivity contribution in [3.63, 3.8) is 0 Å². The lowest BCUT2D eigenvalue weighted by atomic mass is 9.82. The Labute approximate surface area is 117 Å². The van der Waals surface area contributed by atoms with Crippen molar-refractivity contribution < 1.29 is 18.7 Å². The molecule has 0 spiro atoms. The second kappa shape index (κ2) is 6.71. The lowest BCUT2D eigenvalue weighted by molar-refractivity contribution is -0.147. The summed E-state index contributed by atoms with van der Waals surface area (Å²) in [5, 5.41) is 2.49. The minimum atomic E-state index is -1.31. The minimum absolute atomic E-state index is 0.103. The Hall–Kier alpha value is -2.35. The van der Waals surface area contributed by atoms with E-state index in [1.807, 2.05) is 0 Å². The van der Waals surface area contributed by atoms with Crippen LogP contribution in [0.15, 0.2) is 24.3 Å². The fraction of sp³-hybridized carbons (Fsp3) is 0.333. The van der Waals surface area contributed by atoms with E-state index >= 15 is 0 Å². The molecule has 0 aromatic heterocycles. The minimum Gasteiger partial charge on any atom is -0.468 e. The third-order valence-electron chi connectivity index (χ3n) is 2.95. The molecule has 106 valence electrons. The van der Waals surface area contributed by atoms with Crippen LogP contribution in [0.25, 0.3) is 0 Å². The van der Waals surface area contributed by atoms with Gasteiger partial charge in [0.25, 0.3) is 5.91 Å². The molecule has 1 amide bonds. The molecule has 20 heavy (non-hydrogen) atoms. The summed E-state index contributed by atoms with van der Waals surface area (Å²) in [5.41, 5.74) is -1.15. The van der Waals surface area contributed by atoms with Gasteiger partial charge in [0.2, 0.25) is 0 Å². The van der Waals surface area contributed by atoms with Crippen LogP contribution in [-0.4, -0.2) is 25.5 Å². The van der Waals surface area contributed by atoms with Gasteiger partial charge in [0.05, 0.1) is 7.11 Å². The van der Waals surface area contributed by atoms with Crippen molar-refractivity contribution in [3.05, 3.63) is 35.6 Å². The number of carbonyl (C=O) groups is 2. The maximum Gasteiger partial charge on any atom is 0.317 e. The number of hydrogen-bond acceptors (Lipinski definition) is 3. The number of methoxy groups -OCH3 is 1. The largest absolute Gasteiger partial charge is 0.468 e. The van der Waals surface area contributed by atoms with Crippen LogP contribution in [0.3, 0.4) is 0 Å². The first-order chi connectivity index (χ1) is 9.45. The Kier molecular flexibility index (Phi) is 5.27. The van der Waals surface area contributed by atoms with E-state index in [1.54, 1.807) is 6.07 Å². The molecular weight excluding hydrogens is 261 g/mol. The van der Waals surface area contributed by atoms with Crippen molar-refractivity contribution in [2.45, 2.75) is 19.3 Å². The number of ether oxygens (including phenoxy) is 1. The molecule has 4 nitrogen and oxygen atoms in total. The van der Waals surface area contributed by atoms with E-state index in [0.29, 0.717) is 0 Å². The van der Waals surface area contributed by atoms with Crippen LogP contribution in [0, 0.1) is 17.7 Å². The maximum absolute atomic E-state index is 13.9. The van der Waals surface area contributed by atoms with Crippen molar-refractivity contribution in [1.82, 2.24) is 5.32 Å². The summed E-state index contributed by atoms with van der Waals surface area (Å²) in [6.07, 6.45) is 0. The zero-order chi connectivity index (χ0) is 15.2. The SMILES string of the molecule is CC#CC(=O)NC[C@](C)(C(=O)OC)c1ccccc1F. The highest BCUT2D eigenvalue weighted by Crippen LogP contribution is 2.27. The van der Waals surface area contributed by atoms with Gasteiger partial charge in [-0.3, -0.25) is 9.59 Å². The van der Waals surface area contributed by atoms with Gasteiger partial charge in [-0.2, -0.15) is 0 Å². The fourth-order valence-electron chi connectivity index (χ4n) is 1.83. The van der Waals surface area contributed by atoms with Crippen molar-refractivity contribution in [3.8, 4) is 11.8 Å². The molecule has 5 heteroatoms. The van der Waals surface area contributed by atoms with E-state index in [1.165, 1.54) is 39.2 Å². The summed E-state index contributed by atoms with van der Waals surface area (Å²) < 4.78 is 18.6. The highest BCUT2D eigenvalue weighted by atomic mass is 19.1. The Balaban J connectivity index is 3.10. The number of rotatable bonds is 4. The van der Waals surface area contributed by atoms with Gasteiger partial charge in [0, 0.05) is 12.1 Å². The molecule has 1 N–H and O–H groups in total. The topological polar surface area (TPSA) is 55.4 Å². The zero-order valence-corrected chi connectivity index (χ0v) is 11.6. The van der Waals surface area contributed by atoms with Crippen molar-refractivity contribution >= 4 is 11.9 Å². The monoisotopic (exact) mass is 277 g/mol. The zero-order valence-electron chi connectivity index (χ0n) is 11.6. The predicted octanol–water partition coefficient (Wildman–Crippen LogP) is 1.40. The average Bonchev–Trinajstić information content (AvgIpc) is 2.44. The number of carbonyl (C=O) groups excluding carboxylic acids is 2. The van der Waals surface area contributed by atoms with Crippen LogP contribution in [0.5, 0.6) is 0 Å². The van der Waals surface area contributed by atoms with Gasteiger partial charge in [0.1, 0.15) is 11.2 Å². The molecular formula is C15H16FNO3. The summed E-state index contributed by atoms with van der Waals surface area (Å²) in [6, 6.07) is 5.89. The van der Waals surface area contributed by atoms with Crippen molar-refractivity contribution in [2.24, 2.45) is 0 Å². The highest BCUT2D eigenvalue weighted by molar-refractivity contribution is 5.94.